The van der Waals surface area contributed by atoms with Crippen LogP contribution >= 0.6 is 0 Å². The number of carbonyl (C=O) groups excluding carboxylic acids is 11. The van der Waals surface area contributed by atoms with Crippen molar-refractivity contribution in [2.24, 2.45) is 51.4 Å². The lowest BCUT2D eigenvalue weighted by Crippen LogP contribution is -2.61. The number of fused-ring (bicyclic) bond motifs is 1. The zero-order valence-corrected chi connectivity index (χ0v) is 50.6. The molecule has 1 aromatic heterocycles. The number of primary amides is 2. The van der Waals surface area contributed by atoms with Gasteiger partial charge in [0, 0.05) is 49.5 Å². The highest BCUT2D eigenvalue weighted by atomic mass is 16.4. The fraction of sp³-hybridized carbons (Fsp3) is 0.589. The third-order valence-electron chi connectivity index (χ3n) is 14.4. The monoisotopic (exact) mass is 1250 g/mol. The minimum atomic E-state index is -2.09. The van der Waals surface area contributed by atoms with Crippen molar-refractivity contribution in [3.8, 4) is 0 Å². The molecule has 22 N–H and O–H groups in total. The van der Waals surface area contributed by atoms with Gasteiger partial charge in [-0.05, 0) is 74.3 Å². The molecular weight excluding hydrogens is 1170 g/mol. The van der Waals surface area contributed by atoms with Gasteiger partial charge in [0.1, 0.15) is 54.4 Å². The standard InChI is InChI=1S/C56H86N16O17/c1-26(2)21-35(49(82)65-34(16-18-42(75)76)48(81)71-45(28(5)6)55(88)89)67-50(83)36(22-29-25-63-31-12-8-7-11-30(29)31)68-52(85)38(24-43(77)78)70-47(80)33(15-17-40(57)73)64-51(84)37(23-41(58)74)69-46(79)32(13-9-19-62-56(60)61)66-53(86)39-14-10-20-72(39)54(87)44(59)27(3)4/h7-8,11-12,25-28,32-39,44-45,63H,9-10,13-24,59H2,1-6H3,(H2,57,73)(H2,58,74)(H,64,84)(H,65,82)(H,66,86)(H,67,83)(H,68,85)(H,69,79)(H,70,80)(H,71,81)(H,75,76)(H,77,78)(H,88,89)(H4,60,61,62)/t32-,33-,34-,35-,36-,37-,38-,39-,44-,45-/m0/s1. The van der Waals surface area contributed by atoms with Crippen molar-refractivity contribution in [3.63, 3.8) is 0 Å². The number of carbonyl (C=O) groups is 14. The molecule has 0 radical (unpaired) electrons. The van der Waals surface area contributed by atoms with Gasteiger partial charge in [-0.2, -0.15) is 0 Å². The topological polar surface area (TPSA) is 557 Å². The molecular formula is C56H86N16O17. The molecule has 33 heteroatoms. The lowest BCUT2D eigenvalue weighted by Gasteiger charge is -2.30. The minimum Gasteiger partial charge on any atom is -0.481 e. The van der Waals surface area contributed by atoms with Gasteiger partial charge in [-0.1, -0.05) is 59.7 Å². The first kappa shape index (κ1) is 73.8. The molecule has 89 heavy (non-hydrogen) atoms. The summed E-state index contributed by atoms with van der Waals surface area (Å²) in [6.45, 7) is 10.0. The molecule has 0 unspecified atom stereocenters. The number of benzene rings is 1. The molecule has 1 aromatic carbocycles. The normalized spacial score (nSPS) is 16.0. The maximum atomic E-state index is 14.6. The van der Waals surface area contributed by atoms with E-state index in [-0.39, 0.29) is 63.0 Å². The van der Waals surface area contributed by atoms with Crippen LogP contribution < -0.4 is 71.2 Å². The number of nitrogens with two attached hydrogens (primary N) is 5. The minimum absolute atomic E-state index is 0.0298. The Labute approximate surface area is 512 Å². The predicted molar refractivity (Wildman–Crippen MR) is 318 cm³/mol. The first-order chi connectivity index (χ1) is 41.7. The van der Waals surface area contributed by atoms with E-state index in [9.17, 15) is 82.4 Å². The van der Waals surface area contributed by atoms with Crippen molar-refractivity contribution in [3.05, 3.63) is 36.0 Å². The van der Waals surface area contributed by atoms with E-state index in [0.717, 1.165) is 0 Å². The Balaban J connectivity index is 2.01. The van der Waals surface area contributed by atoms with Gasteiger partial charge in [-0.25, -0.2) is 4.79 Å². The molecule has 492 valence electrons. The lowest BCUT2D eigenvalue weighted by atomic mass is 9.99. The van der Waals surface area contributed by atoms with Crippen molar-refractivity contribution >= 4 is 99.7 Å². The summed E-state index contributed by atoms with van der Waals surface area (Å²) in [5, 5.41) is 49.0. The predicted octanol–water partition coefficient (Wildman–Crippen LogP) is -4.12. The van der Waals surface area contributed by atoms with Crippen LogP contribution in [0, 0.1) is 17.8 Å². The van der Waals surface area contributed by atoms with Gasteiger partial charge in [0.2, 0.25) is 65.0 Å². The van der Waals surface area contributed by atoms with Crippen LogP contribution in [0.15, 0.2) is 35.5 Å². The number of para-hydroxylation sites is 1. The summed E-state index contributed by atoms with van der Waals surface area (Å²) in [5.41, 5.74) is 29.0. The Kier molecular flexibility index (Phi) is 29.4. The maximum Gasteiger partial charge on any atom is 0.326 e. The Morgan fingerprint density at radius 2 is 1.10 bits per heavy atom. The second kappa shape index (κ2) is 35.4. The number of aliphatic imine (C=N–C) groups is 1. The first-order valence-corrected chi connectivity index (χ1v) is 29.0. The summed E-state index contributed by atoms with van der Waals surface area (Å²) in [5.74, 6) is -17.5. The number of aromatic nitrogens is 1. The van der Waals surface area contributed by atoms with Gasteiger partial charge in [-0.3, -0.25) is 67.3 Å². The van der Waals surface area contributed by atoms with Crippen molar-refractivity contribution in [1.29, 1.82) is 0 Å². The fourth-order valence-corrected chi connectivity index (χ4v) is 9.54. The summed E-state index contributed by atoms with van der Waals surface area (Å²) in [7, 11) is 0. The van der Waals surface area contributed by atoms with E-state index in [4.69, 9.17) is 28.7 Å². The molecule has 2 aromatic rings. The highest BCUT2D eigenvalue weighted by Gasteiger charge is 2.40. The number of rotatable bonds is 38. The summed E-state index contributed by atoms with van der Waals surface area (Å²) in [4.78, 5) is 195. The molecule has 0 saturated carbocycles. The maximum absolute atomic E-state index is 14.6. The number of nitrogens with one attached hydrogen (secondary N) is 9. The lowest BCUT2D eigenvalue weighted by molar-refractivity contribution is -0.144. The third-order valence-corrected chi connectivity index (χ3v) is 14.4. The van der Waals surface area contributed by atoms with Gasteiger partial charge in [0.15, 0.2) is 5.96 Å². The molecule has 2 heterocycles. The summed E-state index contributed by atoms with van der Waals surface area (Å²) in [6.07, 6.45) is -2.95. The van der Waals surface area contributed by atoms with Gasteiger partial charge >= 0.3 is 17.9 Å². The van der Waals surface area contributed by atoms with E-state index in [1.54, 1.807) is 52.0 Å². The van der Waals surface area contributed by atoms with Gasteiger partial charge in [-0.15, -0.1) is 0 Å². The Morgan fingerprint density at radius 1 is 0.596 bits per heavy atom. The van der Waals surface area contributed by atoms with Crippen LogP contribution in [0.1, 0.15) is 118 Å². The van der Waals surface area contributed by atoms with E-state index in [0.29, 0.717) is 22.9 Å². The molecule has 1 saturated heterocycles. The molecule has 0 aliphatic carbocycles. The highest BCUT2D eigenvalue weighted by Crippen LogP contribution is 2.22. The Hall–Kier alpha value is -9.43. The van der Waals surface area contributed by atoms with E-state index in [2.05, 4.69) is 52.5 Å². The van der Waals surface area contributed by atoms with Crippen LogP contribution in [0.25, 0.3) is 10.9 Å². The largest absolute Gasteiger partial charge is 0.481 e. The zero-order valence-electron chi connectivity index (χ0n) is 50.6. The van der Waals surface area contributed by atoms with E-state index in [1.165, 1.54) is 24.9 Å². The van der Waals surface area contributed by atoms with E-state index < -0.39 is 188 Å². The molecule has 10 atom stereocenters. The third kappa shape index (κ3) is 24.3. The number of hydrogen-bond donors (Lipinski definition) is 17. The van der Waals surface area contributed by atoms with Crippen molar-refractivity contribution in [2.45, 2.75) is 179 Å². The number of amides is 11. The van der Waals surface area contributed by atoms with Crippen LogP contribution in [0.4, 0.5) is 0 Å². The molecule has 1 fully saturated rings. The van der Waals surface area contributed by atoms with Gasteiger partial charge in [0.05, 0.1) is 18.9 Å². The quantitative estimate of drug-likeness (QED) is 0.0173. The molecule has 0 bridgehead atoms. The van der Waals surface area contributed by atoms with Crippen LogP contribution in [-0.4, -0.2) is 188 Å². The molecule has 33 nitrogen and oxygen atoms in total. The number of carboxylic acid groups (broad SMARTS) is 3. The van der Waals surface area contributed by atoms with E-state index in [1.807, 2.05) is 0 Å². The van der Waals surface area contributed by atoms with E-state index >= 15 is 0 Å². The first-order valence-electron chi connectivity index (χ1n) is 29.0. The molecule has 3 rings (SSSR count). The highest BCUT2D eigenvalue weighted by molar-refractivity contribution is 6.00. The average Bonchev–Trinajstić information content (AvgIpc) is 2.38. The number of nitrogens with zero attached hydrogens (tertiary/aromatic N) is 2. The van der Waals surface area contributed by atoms with Crippen LogP contribution in [-0.2, 0) is 73.5 Å². The van der Waals surface area contributed by atoms with Crippen molar-refractivity contribution in [1.82, 2.24) is 52.4 Å². The molecule has 1 aliphatic heterocycles. The molecule has 1 aliphatic rings. The van der Waals surface area contributed by atoms with Crippen LogP contribution in [0.2, 0.25) is 0 Å². The van der Waals surface area contributed by atoms with Crippen LogP contribution in [0.3, 0.4) is 0 Å². The van der Waals surface area contributed by atoms with Crippen molar-refractivity contribution < 1.29 is 82.4 Å². The van der Waals surface area contributed by atoms with Gasteiger partial charge in [0.25, 0.3) is 0 Å². The second-order valence-electron chi connectivity index (χ2n) is 22.8. The number of guanidine groups is 1. The zero-order chi connectivity index (χ0) is 67.0. The second-order valence-corrected chi connectivity index (χ2v) is 22.8. The summed E-state index contributed by atoms with van der Waals surface area (Å²) in [6, 6.07) is -8.87. The number of H-pyrrole nitrogens is 1. The van der Waals surface area contributed by atoms with Gasteiger partial charge < -0.3 is 96.4 Å². The Bertz CT molecular complexity index is 2930. The summed E-state index contributed by atoms with van der Waals surface area (Å²) < 4.78 is 0. The number of aromatic amines is 1. The number of aliphatic carboxylic acids is 3. The number of hydrogen-bond acceptors (Lipinski definition) is 16. The van der Waals surface area contributed by atoms with Crippen LogP contribution in [0.5, 0.6) is 0 Å². The Morgan fingerprint density at radius 3 is 1.63 bits per heavy atom. The van der Waals surface area contributed by atoms with Crippen molar-refractivity contribution in [2.75, 3.05) is 13.1 Å². The number of carboxylic acids is 3. The molecule has 11 amide bonds. The number of likely N-dealkylation sites (tertiary alicyclic amines) is 1. The molecule has 0 spiro atoms. The average molecular weight is 1260 g/mol. The summed E-state index contributed by atoms with van der Waals surface area (Å²) >= 11 is 0. The smallest absolute Gasteiger partial charge is 0.326 e. The fourth-order valence-electron chi connectivity index (χ4n) is 9.54. The SMILES string of the molecule is CC(C)C[C@H](NC(=O)[C@H](Cc1c[nH]c2ccccc12)NC(=O)[C@H](CC(=O)O)NC(=O)[C@H](CCC(N)=O)NC(=O)[C@H](CC(N)=O)NC(=O)[C@H](CCCN=C(N)N)NC(=O)[C@@H]1CCCN1C(=O)[C@@H](N)C(C)C)C(=O)N[C@@H](CCC(=O)O)C(=O)N[C@H](C(=O)O)C(C)C.